The summed E-state index contributed by atoms with van der Waals surface area (Å²) in [7, 11) is 3.34. The fourth-order valence-electron chi connectivity index (χ4n) is 2.28. The molecule has 0 atom stereocenters. The zero-order chi connectivity index (χ0) is 21.3. The smallest absolute Gasteiger partial charge is 0.410 e. The number of anilines is 1. The van der Waals surface area contributed by atoms with Gasteiger partial charge in [0.2, 0.25) is 5.91 Å². The van der Waals surface area contributed by atoms with Crippen LogP contribution in [0.2, 0.25) is 0 Å². The van der Waals surface area contributed by atoms with Gasteiger partial charge in [-0.15, -0.1) is 0 Å². The van der Waals surface area contributed by atoms with Gasteiger partial charge in [0, 0.05) is 45.8 Å². The fourth-order valence-corrected chi connectivity index (χ4v) is 2.28. The molecule has 1 aromatic rings. The predicted octanol–water partition coefficient (Wildman–Crippen LogP) is 3.04. The fraction of sp³-hybridized carbons (Fsp3) is 0.550. The van der Waals surface area contributed by atoms with Crippen molar-refractivity contribution in [3.05, 3.63) is 29.8 Å². The summed E-state index contributed by atoms with van der Waals surface area (Å²) in [5.41, 5.74) is 0.919. The summed E-state index contributed by atoms with van der Waals surface area (Å²) < 4.78 is 5.41. The van der Waals surface area contributed by atoms with Gasteiger partial charge in [-0.2, -0.15) is 0 Å². The Morgan fingerprint density at radius 1 is 1.14 bits per heavy atom. The van der Waals surface area contributed by atoms with Crippen LogP contribution in [0.15, 0.2) is 24.3 Å². The van der Waals surface area contributed by atoms with E-state index in [4.69, 9.17) is 4.74 Å². The molecular formula is C20H32N4O4. The van der Waals surface area contributed by atoms with E-state index in [1.165, 1.54) is 4.90 Å². The van der Waals surface area contributed by atoms with Crippen LogP contribution in [0.3, 0.4) is 0 Å². The van der Waals surface area contributed by atoms with Gasteiger partial charge in [0.15, 0.2) is 0 Å². The lowest BCUT2D eigenvalue weighted by Gasteiger charge is -2.26. The Bertz CT molecular complexity index is 683. The molecule has 156 valence electrons. The minimum Gasteiger partial charge on any atom is -0.444 e. The first-order chi connectivity index (χ1) is 13.0. The number of carbonyl (C=O) groups is 3. The number of hydrogen-bond acceptors (Lipinski definition) is 4. The monoisotopic (exact) mass is 392 g/mol. The number of nitrogens with one attached hydrogen (secondary N) is 2. The minimum absolute atomic E-state index is 0.0518. The van der Waals surface area contributed by atoms with E-state index in [1.807, 2.05) is 39.8 Å². The molecular weight excluding hydrogens is 360 g/mol. The van der Waals surface area contributed by atoms with Gasteiger partial charge in [0.05, 0.1) is 0 Å². The van der Waals surface area contributed by atoms with Gasteiger partial charge in [-0.05, 0) is 45.4 Å². The average molecular weight is 393 g/mol. The van der Waals surface area contributed by atoms with Crippen molar-refractivity contribution in [3.63, 3.8) is 0 Å². The third-order valence-electron chi connectivity index (χ3n) is 3.71. The minimum atomic E-state index is -0.556. The second-order valence-corrected chi connectivity index (χ2v) is 7.61. The summed E-state index contributed by atoms with van der Waals surface area (Å²) in [5.74, 6) is -0.0518. The number of rotatable bonds is 7. The van der Waals surface area contributed by atoms with Gasteiger partial charge in [-0.1, -0.05) is 12.1 Å². The molecule has 0 aliphatic carbocycles. The van der Waals surface area contributed by atoms with Crippen molar-refractivity contribution >= 4 is 23.7 Å². The highest BCUT2D eigenvalue weighted by atomic mass is 16.6. The number of urea groups is 1. The topological polar surface area (TPSA) is 91.0 Å². The number of carbonyl (C=O) groups excluding carboxylic acids is 3. The first kappa shape index (κ1) is 23.3. The summed E-state index contributed by atoms with van der Waals surface area (Å²) in [6.07, 6.45) is -0.140. The van der Waals surface area contributed by atoms with Crippen molar-refractivity contribution in [1.29, 1.82) is 0 Å². The van der Waals surface area contributed by atoms with Crippen molar-refractivity contribution in [1.82, 2.24) is 15.1 Å². The van der Waals surface area contributed by atoms with Crippen molar-refractivity contribution in [2.75, 3.05) is 32.5 Å². The van der Waals surface area contributed by atoms with E-state index >= 15 is 0 Å². The van der Waals surface area contributed by atoms with Gasteiger partial charge < -0.3 is 25.2 Å². The van der Waals surface area contributed by atoms with Crippen LogP contribution < -0.4 is 10.6 Å². The second kappa shape index (κ2) is 10.5. The maximum absolute atomic E-state index is 12.3. The Labute approximate surface area is 167 Å². The largest absolute Gasteiger partial charge is 0.444 e. The Morgan fingerprint density at radius 3 is 2.39 bits per heavy atom. The number of amides is 4. The molecule has 2 N–H and O–H groups in total. The van der Waals surface area contributed by atoms with E-state index in [0.717, 1.165) is 5.56 Å². The second-order valence-electron chi connectivity index (χ2n) is 7.61. The van der Waals surface area contributed by atoms with Crippen LogP contribution in [0.5, 0.6) is 0 Å². The van der Waals surface area contributed by atoms with Gasteiger partial charge in [0.1, 0.15) is 5.60 Å². The highest BCUT2D eigenvalue weighted by molar-refractivity contribution is 5.89. The number of hydrogen-bond donors (Lipinski definition) is 2. The molecule has 0 radical (unpaired) electrons. The van der Waals surface area contributed by atoms with E-state index in [1.54, 1.807) is 31.1 Å². The zero-order valence-electron chi connectivity index (χ0n) is 17.7. The first-order valence-corrected chi connectivity index (χ1v) is 9.33. The number of nitrogens with zero attached hydrogens (tertiary/aromatic N) is 2. The molecule has 28 heavy (non-hydrogen) atoms. The molecule has 8 nitrogen and oxygen atoms in total. The Kier molecular flexibility index (Phi) is 8.76. The van der Waals surface area contributed by atoms with Gasteiger partial charge in [0.25, 0.3) is 0 Å². The lowest BCUT2D eigenvalue weighted by molar-refractivity contribution is -0.128. The van der Waals surface area contributed by atoms with Crippen LogP contribution in [0.1, 0.15) is 39.7 Å². The van der Waals surface area contributed by atoms with E-state index in [2.05, 4.69) is 10.6 Å². The van der Waals surface area contributed by atoms with Crippen LogP contribution in [0.4, 0.5) is 15.3 Å². The first-order valence-electron chi connectivity index (χ1n) is 9.33. The van der Waals surface area contributed by atoms with E-state index in [-0.39, 0.29) is 31.0 Å². The summed E-state index contributed by atoms with van der Waals surface area (Å²) >= 11 is 0. The molecule has 0 saturated carbocycles. The highest BCUT2D eigenvalue weighted by Gasteiger charge is 2.21. The predicted molar refractivity (Wildman–Crippen MR) is 109 cm³/mol. The molecule has 0 aliphatic heterocycles. The summed E-state index contributed by atoms with van der Waals surface area (Å²) in [6, 6.07) is 6.87. The standard InChI is InChI=1S/C20H32N4O4/c1-7-24(19(27)28-20(2,3)4)14-15-9-8-10-16(13-15)22-18(26)21-12-11-17(25)23(5)6/h8-10,13H,7,11-12,14H2,1-6H3,(H2,21,22,26). The summed E-state index contributed by atoms with van der Waals surface area (Å²) in [4.78, 5) is 38.8. The van der Waals surface area contributed by atoms with Crippen molar-refractivity contribution in [3.8, 4) is 0 Å². The molecule has 8 heteroatoms. The van der Waals surface area contributed by atoms with Gasteiger partial charge in [-0.3, -0.25) is 4.79 Å². The molecule has 1 aromatic carbocycles. The van der Waals surface area contributed by atoms with Crippen molar-refractivity contribution < 1.29 is 19.1 Å². The number of benzene rings is 1. The van der Waals surface area contributed by atoms with Crippen molar-refractivity contribution in [2.24, 2.45) is 0 Å². The Balaban J connectivity index is 2.62. The molecule has 0 fully saturated rings. The molecule has 1 rings (SSSR count). The lowest BCUT2D eigenvalue weighted by Crippen LogP contribution is -2.36. The Morgan fingerprint density at radius 2 is 1.82 bits per heavy atom. The Hall–Kier alpha value is -2.77. The quantitative estimate of drug-likeness (QED) is 0.746. The molecule has 0 unspecified atom stereocenters. The van der Waals surface area contributed by atoms with E-state index in [9.17, 15) is 14.4 Å². The third kappa shape index (κ3) is 8.75. The van der Waals surface area contributed by atoms with Crippen LogP contribution in [-0.2, 0) is 16.1 Å². The van der Waals surface area contributed by atoms with Crippen LogP contribution >= 0.6 is 0 Å². The number of ether oxygens (including phenoxy) is 1. The maximum atomic E-state index is 12.3. The third-order valence-corrected chi connectivity index (χ3v) is 3.71. The molecule has 0 saturated heterocycles. The molecule has 0 spiro atoms. The molecule has 0 aliphatic rings. The maximum Gasteiger partial charge on any atom is 0.410 e. The molecule has 4 amide bonds. The average Bonchev–Trinajstić information content (AvgIpc) is 2.58. The van der Waals surface area contributed by atoms with Crippen molar-refractivity contribution in [2.45, 2.75) is 46.3 Å². The molecule has 0 bridgehead atoms. The lowest BCUT2D eigenvalue weighted by atomic mass is 10.2. The summed E-state index contributed by atoms with van der Waals surface area (Å²) in [5, 5.41) is 5.38. The van der Waals surface area contributed by atoms with E-state index < -0.39 is 5.60 Å². The van der Waals surface area contributed by atoms with Crippen LogP contribution in [0, 0.1) is 0 Å². The SMILES string of the molecule is CCN(Cc1cccc(NC(=O)NCCC(=O)N(C)C)c1)C(=O)OC(C)(C)C. The van der Waals surface area contributed by atoms with E-state index in [0.29, 0.717) is 18.8 Å². The van der Waals surface area contributed by atoms with Crippen LogP contribution in [0.25, 0.3) is 0 Å². The van der Waals surface area contributed by atoms with Gasteiger partial charge >= 0.3 is 12.1 Å². The highest BCUT2D eigenvalue weighted by Crippen LogP contribution is 2.15. The summed E-state index contributed by atoms with van der Waals surface area (Å²) in [6.45, 7) is 8.50. The molecule has 0 aromatic heterocycles. The zero-order valence-corrected chi connectivity index (χ0v) is 17.7. The van der Waals surface area contributed by atoms with Gasteiger partial charge in [-0.25, -0.2) is 9.59 Å². The molecule has 0 heterocycles. The normalized spacial score (nSPS) is 10.8. The van der Waals surface area contributed by atoms with Crippen LogP contribution in [-0.4, -0.2) is 60.6 Å².